The van der Waals surface area contributed by atoms with E-state index in [1.165, 1.54) is 12.3 Å². The predicted molar refractivity (Wildman–Crippen MR) is 93.2 cm³/mol. The summed E-state index contributed by atoms with van der Waals surface area (Å²) in [6.07, 6.45) is 2.49. The lowest BCUT2D eigenvalue weighted by atomic mass is 10.2. The van der Waals surface area contributed by atoms with Gasteiger partial charge in [0.1, 0.15) is 17.5 Å². The van der Waals surface area contributed by atoms with E-state index in [1.54, 1.807) is 4.90 Å². The fourth-order valence-corrected chi connectivity index (χ4v) is 2.84. The minimum Gasteiger partial charge on any atom is -0.370 e. The molecule has 1 fully saturated rings. The normalized spacial score (nSPS) is 14.5. The summed E-state index contributed by atoms with van der Waals surface area (Å²) >= 11 is 0. The molecule has 0 radical (unpaired) electrons. The number of nitrogens with one attached hydrogen (secondary N) is 1. The number of halogens is 1. The highest BCUT2D eigenvalue weighted by Gasteiger charge is 2.25. The maximum atomic E-state index is 13.8. The first kappa shape index (κ1) is 17.1. The van der Waals surface area contributed by atoms with Crippen molar-refractivity contribution in [2.24, 2.45) is 0 Å². The Bertz CT molecular complexity index is 761. The molecule has 0 unspecified atom stereocenters. The number of nitrogens with zero attached hydrogens (tertiary/aromatic N) is 5. The number of pyridine rings is 1. The van der Waals surface area contributed by atoms with E-state index in [1.807, 2.05) is 19.9 Å². The Morgan fingerprint density at radius 2 is 2.04 bits per heavy atom. The van der Waals surface area contributed by atoms with Gasteiger partial charge in [0, 0.05) is 45.0 Å². The van der Waals surface area contributed by atoms with Crippen LogP contribution in [0.3, 0.4) is 0 Å². The monoisotopic (exact) mass is 344 g/mol. The van der Waals surface area contributed by atoms with Crippen molar-refractivity contribution in [1.29, 1.82) is 0 Å². The van der Waals surface area contributed by atoms with Crippen molar-refractivity contribution in [2.45, 2.75) is 13.8 Å². The SMILES string of the molecule is CCNc1cc(N2CCN(C(=O)c3ccncc3F)CC2)nc(C)n1. The van der Waals surface area contributed by atoms with Crippen LogP contribution in [-0.2, 0) is 0 Å². The van der Waals surface area contributed by atoms with Gasteiger partial charge in [-0.3, -0.25) is 9.78 Å². The molecule has 1 saturated heterocycles. The molecule has 0 aromatic carbocycles. The first-order chi connectivity index (χ1) is 12.1. The van der Waals surface area contributed by atoms with Crippen molar-refractivity contribution in [2.75, 3.05) is 42.9 Å². The zero-order valence-corrected chi connectivity index (χ0v) is 14.4. The van der Waals surface area contributed by atoms with Crippen LogP contribution in [0.2, 0.25) is 0 Å². The molecule has 0 spiro atoms. The quantitative estimate of drug-likeness (QED) is 0.910. The standard InChI is InChI=1S/C17H21FN6O/c1-3-20-15-10-16(22-12(2)21-15)23-6-8-24(9-7-23)17(25)13-4-5-19-11-14(13)18/h4-5,10-11H,3,6-9H2,1-2H3,(H,20,21,22). The number of carbonyl (C=O) groups is 1. The highest BCUT2D eigenvalue weighted by Crippen LogP contribution is 2.19. The molecule has 0 bridgehead atoms. The average molecular weight is 344 g/mol. The van der Waals surface area contributed by atoms with Crippen molar-refractivity contribution >= 4 is 17.5 Å². The topological polar surface area (TPSA) is 74.2 Å². The molecule has 1 N–H and O–H groups in total. The van der Waals surface area contributed by atoms with E-state index in [2.05, 4.69) is 25.2 Å². The zero-order chi connectivity index (χ0) is 17.8. The van der Waals surface area contributed by atoms with Gasteiger partial charge in [-0.15, -0.1) is 0 Å². The number of hydrogen-bond acceptors (Lipinski definition) is 6. The summed E-state index contributed by atoms with van der Waals surface area (Å²) in [5.41, 5.74) is 0.0655. The average Bonchev–Trinajstić information content (AvgIpc) is 2.61. The maximum absolute atomic E-state index is 13.8. The lowest BCUT2D eigenvalue weighted by Crippen LogP contribution is -2.49. The fraction of sp³-hybridized carbons (Fsp3) is 0.412. The molecule has 132 valence electrons. The van der Waals surface area contributed by atoms with Gasteiger partial charge in [0.25, 0.3) is 5.91 Å². The lowest BCUT2D eigenvalue weighted by molar-refractivity contribution is 0.0741. The molecule has 1 aliphatic rings. The summed E-state index contributed by atoms with van der Waals surface area (Å²) in [7, 11) is 0. The number of anilines is 2. The summed E-state index contributed by atoms with van der Waals surface area (Å²) in [5.74, 6) is 1.45. The number of piperazine rings is 1. The summed E-state index contributed by atoms with van der Waals surface area (Å²) in [6.45, 7) is 6.97. The molecule has 2 aromatic heterocycles. The van der Waals surface area contributed by atoms with Crippen LogP contribution in [0.15, 0.2) is 24.5 Å². The molecule has 2 aromatic rings. The van der Waals surface area contributed by atoms with E-state index < -0.39 is 5.82 Å². The van der Waals surface area contributed by atoms with Crippen LogP contribution < -0.4 is 10.2 Å². The molecular weight excluding hydrogens is 323 g/mol. The van der Waals surface area contributed by atoms with Gasteiger partial charge < -0.3 is 15.1 Å². The van der Waals surface area contributed by atoms with Crippen molar-refractivity contribution < 1.29 is 9.18 Å². The molecule has 3 heterocycles. The van der Waals surface area contributed by atoms with Crippen LogP contribution in [0.4, 0.5) is 16.0 Å². The van der Waals surface area contributed by atoms with Gasteiger partial charge >= 0.3 is 0 Å². The third-order valence-corrected chi connectivity index (χ3v) is 4.08. The van der Waals surface area contributed by atoms with Gasteiger partial charge in [0.05, 0.1) is 11.8 Å². The van der Waals surface area contributed by atoms with Crippen LogP contribution in [0.25, 0.3) is 0 Å². The second-order valence-corrected chi connectivity index (χ2v) is 5.82. The van der Waals surface area contributed by atoms with Crippen molar-refractivity contribution in [3.8, 4) is 0 Å². The second-order valence-electron chi connectivity index (χ2n) is 5.82. The number of aromatic nitrogens is 3. The van der Waals surface area contributed by atoms with Crippen molar-refractivity contribution in [3.05, 3.63) is 41.7 Å². The first-order valence-corrected chi connectivity index (χ1v) is 8.31. The predicted octanol–water partition coefficient (Wildman–Crippen LogP) is 1.71. The minimum atomic E-state index is -0.586. The molecule has 3 rings (SSSR count). The highest BCUT2D eigenvalue weighted by atomic mass is 19.1. The van der Waals surface area contributed by atoms with Gasteiger partial charge in [-0.2, -0.15) is 0 Å². The molecule has 1 aliphatic heterocycles. The summed E-state index contributed by atoms with van der Waals surface area (Å²) in [4.78, 5) is 28.8. The number of hydrogen-bond donors (Lipinski definition) is 1. The Morgan fingerprint density at radius 1 is 1.28 bits per heavy atom. The Labute approximate surface area is 145 Å². The molecule has 0 saturated carbocycles. The van der Waals surface area contributed by atoms with Crippen molar-refractivity contribution in [3.63, 3.8) is 0 Å². The van der Waals surface area contributed by atoms with Gasteiger partial charge in [-0.25, -0.2) is 14.4 Å². The Morgan fingerprint density at radius 3 is 2.72 bits per heavy atom. The molecule has 1 amide bonds. The van der Waals surface area contributed by atoms with Crippen molar-refractivity contribution in [1.82, 2.24) is 19.9 Å². The van der Waals surface area contributed by atoms with Crippen LogP contribution >= 0.6 is 0 Å². The summed E-state index contributed by atoms with van der Waals surface area (Å²) in [5, 5.41) is 3.19. The molecular formula is C17H21FN6O. The number of amides is 1. The van der Waals surface area contributed by atoms with Crippen LogP contribution in [0.5, 0.6) is 0 Å². The smallest absolute Gasteiger partial charge is 0.257 e. The number of carbonyl (C=O) groups excluding carboxylic acids is 1. The Kier molecular flexibility index (Phi) is 5.06. The van der Waals surface area contributed by atoms with Crippen LogP contribution in [-0.4, -0.2) is 58.5 Å². The van der Waals surface area contributed by atoms with Crippen LogP contribution in [0, 0.1) is 12.7 Å². The Hall–Kier alpha value is -2.77. The fourth-order valence-electron chi connectivity index (χ4n) is 2.84. The third kappa shape index (κ3) is 3.84. The van der Waals surface area contributed by atoms with Gasteiger partial charge in [0.15, 0.2) is 5.82 Å². The molecule has 0 aliphatic carbocycles. The van der Waals surface area contributed by atoms with Gasteiger partial charge in [-0.05, 0) is 19.9 Å². The van der Waals surface area contributed by atoms with E-state index in [-0.39, 0.29) is 11.5 Å². The number of rotatable bonds is 4. The Balaban J connectivity index is 1.68. The largest absolute Gasteiger partial charge is 0.370 e. The van der Waals surface area contributed by atoms with E-state index in [4.69, 9.17) is 0 Å². The first-order valence-electron chi connectivity index (χ1n) is 8.31. The van der Waals surface area contributed by atoms with E-state index in [9.17, 15) is 9.18 Å². The molecule has 25 heavy (non-hydrogen) atoms. The summed E-state index contributed by atoms with van der Waals surface area (Å²) < 4.78 is 13.8. The van der Waals surface area contributed by atoms with E-state index in [0.29, 0.717) is 32.0 Å². The zero-order valence-electron chi connectivity index (χ0n) is 14.4. The second kappa shape index (κ2) is 7.42. The number of aryl methyl sites for hydroxylation is 1. The summed E-state index contributed by atoms with van der Waals surface area (Å²) in [6, 6.07) is 3.33. The molecule has 0 atom stereocenters. The lowest BCUT2D eigenvalue weighted by Gasteiger charge is -2.35. The molecule has 7 nitrogen and oxygen atoms in total. The molecule has 8 heteroatoms. The van der Waals surface area contributed by atoms with E-state index >= 15 is 0 Å². The highest BCUT2D eigenvalue weighted by molar-refractivity contribution is 5.94. The third-order valence-electron chi connectivity index (χ3n) is 4.08. The van der Waals surface area contributed by atoms with Gasteiger partial charge in [0.2, 0.25) is 0 Å². The van der Waals surface area contributed by atoms with E-state index in [0.717, 1.165) is 24.4 Å². The van der Waals surface area contributed by atoms with Gasteiger partial charge in [-0.1, -0.05) is 0 Å². The maximum Gasteiger partial charge on any atom is 0.257 e. The minimum absolute atomic E-state index is 0.0655. The van der Waals surface area contributed by atoms with Crippen LogP contribution in [0.1, 0.15) is 23.1 Å².